The first-order valence-corrected chi connectivity index (χ1v) is 6.13. The first kappa shape index (κ1) is 14.3. The number of morpholine rings is 1. The van der Waals surface area contributed by atoms with E-state index in [1.165, 1.54) is 17.0 Å². The zero-order valence-corrected chi connectivity index (χ0v) is 10.9. The SMILES string of the molecule is Cc1cc(F)cc(NC(=O)N2CCOCC2C(=O)O)c1. The summed E-state index contributed by atoms with van der Waals surface area (Å²) in [5, 5.41) is 11.6. The average molecular weight is 282 g/mol. The lowest BCUT2D eigenvalue weighted by Crippen LogP contribution is -2.53. The van der Waals surface area contributed by atoms with Gasteiger partial charge in [0.25, 0.3) is 0 Å². The van der Waals surface area contributed by atoms with Crippen molar-refractivity contribution >= 4 is 17.7 Å². The highest BCUT2D eigenvalue weighted by molar-refractivity contribution is 5.92. The first-order valence-electron chi connectivity index (χ1n) is 6.13. The molecule has 1 aliphatic heterocycles. The molecule has 1 aliphatic rings. The highest BCUT2D eigenvalue weighted by Crippen LogP contribution is 2.15. The van der Waals surface area contributed by atoms with Crippen LogP contribution in [-0.2, 0) is 9.53 Å². The van der Waals surface area contributed by atoms with Gasteiger partial charge in [-0.2, -0.15) is 0 Å². The first-order chi connectivity index (χ1) is 9.47. The van der Waals surface area contributed by atoms with Gasteiger partial charge in [0.05, 0.1) is 13.2 Å². The predicted octanol–water partition coefficient (Wildman–Crippen LogP) is 1.45. The van der Waals surface area contributed by atoms with E-state index in [1.54, 1.807) is 13.0 Å². The maximum absolute atomic E-state index is 13.2. The molecule has 1 aromatic rings. The fourth-order valence-corrected chi connectivity index (χ4v) is 2.06. The summed E-state index contributed by atoms with van der Waals surface area (Å²) in [6.45, 7) is 2.11. The number of urea groups is 1. The van der Waals surface area contributed by atoms with Gasteiger partial charge in [0.1, 0.15) is 5.82 Å². The summed E-state index contributed by atoms with van der Waals surface area (Å²) in [6, 6.07) is 2.52. The van der Waals surface area contributed by atoms with Gasteiger partial charge in [-0.25, -0.2) is 14.0 Å². The molecule has 7 heteroatoms. The fraction of sp³-hybridized carbons (Fsp3) is 0.385. The van der Waals surface area contributed by atoms with Crippen LogP contribution in [0.3, 0.4) is 0 Å². The number of carboxylic acid groups (broad SMARTS) is 1. The molecule has 0 saturated carbocycles. The Kier molecular flexibility index (Phi) is 4.19. The van der Waals surface area contributed by atoms with Gasteiger partial charge in [-0.1, -0.05) is 0 Å². The van der Waals surface area contributed by atoms with Crippen molar-refractivity contribution in [3.8, 4) is 0 Å². The van der Waals surface area contributed by atoms with Gasteiger partial charge in [-0.3, -0.25) is 0 Å². The quantitative estimate of drug-likeness (QED) is 0.860. The number of hydrogen-bond acceptors (Lipinski definition) is 3. The van der Waals surface area contributed by atoms with Gasteiger partial charge in [0.15, 0.2) is 6.04 Å². The number of carbonyl (C=O) groups is 2. The molecule has 1 unspecified atom stereocenters. The van der Waals surface area contributed by atoms with Gasteiger partial charge in [0, 0.05) is 12.2 Å². The molecular weight excluding hydrogens is 267 g/mol. The molecule has 2 rings (SSSR count). The Labute approximate surface area is 115 Å². The van der Waals surface area contributed by atoms with Crippen LogP contribution < -0.4 is 5.32 Å². The molecule has 1 heterocycles. The van der Waals surface area contributed by atoms with E-state index in [1.807, 2.05) is 0 Å². The number of rotatable bonds is 2. The zero-order chi connectivity index (χ0) is 14.7. The largest absolute Gasteiger partial charge is 0.480 e. The number of nitrogens with one attached hydrogen (secondary N) is 1. The molecule has 1 aromatic carbocycles. The summed E-state index contributed by atoms with van der Waals surface area (Å²) >= 11 is 0. The predicted molar refractivity (Wildman–Crippen MR) is 69.1 cm³/mol. The third-order valence-corrected chi connectivity index (χ3v) is 2.97. The number of anilines is 1. The van der Waals surface area contributed by atoms with E-state index in [9.17, 15) is 14.0 Å². The summed E-state index contributed by atoms with van der Waals surface area (Å²) in [6.07, 6.45) is 0. The molecule has 1 atom stereocenters. The molecule has 1 fully saturated rings. The Hall–Kier alpha value is -2.15. The molecule has 0 aromatic heterocycles. The van der Waals surface area contributed by atoms with Crippen molar-refractivity contribution in [2.24, 2.45) is 0 Å². The minimum atomic E-state index is -1.13. The Balaban J connectivity index is 2.11. The number of carboxylic acids is 1. The van der Waals surface area contributed by atoms with Crippen molar-refractivity contribution < 1.29 is 23.8 Å². The van der Waals surface area contributed by atoms with Crippen molar-refractivity contribution in [2.45, 2.75) is 13.0 Å². The number of carbonyl (C=O) groups excluding carboxylic acids is 1. The summed E-state index contributed by atoms with van der Waals surface area (Å²) < 4.78 is 18.3. The Bertz CT molecular complexity index is 515. The van der Waals surface area contributed by atoms with E-state index in [2.05, 4.69) is 5.32 Å². The lowest BCUT2D eigenvalue weighted by molar-refractivity contribution is -0.147. The monoisotopic (exact) mass is 282 g/mol. The molecule has 6 nitrogen and oxygen atoms in total. The summed E-state index contributed by atoms with van der Waals surface area (Å²) in [5.41, 5.74) is 0.959. The Morgan fingerprint density at radius 2 is 2.20 bits per heavy atom. The van der Waals surface area contributed by atoms with Crippen molar-refractivity contribution in [1.82, 2.24) is 4.90 Å². The van der Waals surface area contributed by atoms with Crippen LogP contribution >= 0.6 is 0 Å². The third kappa shape index (κ3) is 3.24. The maximum Gasteiger partial charge on any atom is 0.328 e. The maximum atomic E-state index is 13.2. The molecule has 1 saturated heterocycles. The number of ether oxygens (including phenoxy) is 1. The van der Waals surface area contributed by atoms with Gasteiger partial charge in [-0.15, -0.1) is 0 Å². The second kappa shape index (κ2) is 5.87. The molecule has 0 bridgehead atoms. The van der Waals surface area contributed by atoms with Crippen molar-refractivity contribution in [3.63, 3.8) is 0 Å². The summed E-state index contributed by atoms with van der Waals surface area (Å²) in [4.78, 5) is 24.3. The normalized spacial score (nSPS) is 18.7. The van der Waals surface area contributed by atoms with E-state index in [0.717, 1.165) is 0 Å². The van der Waals surface area contributed by atoms with E-state index >= 15 is 0 Å². The minimum Gasteiger partial charge on any atom is -0.480 e. The summed E-state index contributed by atoms with van der Waals surface area (Å²) in [7, 11) is 0. The number of halogens is 1. The van der Waals surface area contributed by atoms with Gasteiger partial charge < -0.3 is 20.1 Å². The summed E-state index contributed by atoms with van der Waals surface area (Å²) in [5.74, 6) is -1.59. The number of amides is 2. The van der Waals surface area contributed by atoms with Crippen LogP contribution in [0.2, 0.25) is 0 Å². The number of hydrogen-bond donors (Lipinski definition) is 2. The number of aliphatic carboxylic acids is 1. The molecule has 0 spiro atoms. The van der Waals surface area contributed by atoms with Crippen LogP contribution in [0.15, 0.2) is 18.2 Å². The molecule has 20 heavy (non-hydrogen) atoms. The van der Waals surface area contributed by atoms with Crippen molar-refractivity contribution in [1.29, 1.82) is 0 Å². The Morgan fingerprint density at radius 1 is 1.45 bits per heavy atom. The lowest BCUT2D eigenvalue weighted by atomic mass is 10.2. The highest BCUT2D eigenvalue weighted by atomic mass is 19.1. The van der Waals surface area contributed by atoms with Gasteiger partial charge in [0.2, 0.25) is 0 Å². The van der Waals surface area contributed by atoms with Crippen molar-refractivity contribution in [2.75, 3.05) is 25.1 Å². The van der Waals surface area contributed by atoms with E-state index in [-0.39, 0.29) is 19.8 Å². The molecule has 2 N–H and O–H groups in total. The smallest absolute Gasteiger partial charge is 0.328 e. The van der Waals surface area contributed by atoms with Crippen LogP contribution in [0.5, 0.6) is 0 Å². The van der Waals surface area contributed by atoms with Crippen LogP contribution in [0.25, 0.3) is 0 Å². The van der Waals surface area contributed by atoms with Crippen LogP contribution in [-0.4, -0.2) is 47.8 Å². The van der Waals surface area contributed by atoms with Crippen LogP contribution in [0, 0.1) is 12.7 Å². The lowest BCUT2D eigenvalue weighted by Gasteiger charge is -2.32. The molecule has 0 radical (unpaired) electrons. The molecular formula is C13H15FN2O4. The second-order valence-electron chi connectivity index (χ2n) is 4.57. The fourth-order valence-electron chi connectivity index (χ4n) is 2.06. The topological polar surface area (TPSA) is 78.9 Å². The van der Waals surface area contributed by atoms with E-state index < -0.39 is 23.9 Å². The van der Waals surface area contributed by atoms with E-state index in [0.29, 0.717) is 11.3 Å². The highest BCUT2D eigenvalue weighted by Gasteiger charge is 2.32. The standard InChI is InChI=1S/C13H15FN2O4/c1-8-4-9(14)6-10(5-8)15-13(19)16-2-3-20-7-11(16)12(17)18/h4-6,11H,2-3,7H2,1H3,(H,15,19)(H,17,18). The van der Waals surface area contributed by atoms with Gasteiger partial charge in [-0.05, 0) is 30.7 Å². The molecule has 108 valence electrons. The van der Waals surface area contributed by atoms with Crippen molar-refractivity contribution in [3.05, 3.63) is 29.6 Å². The minimum absolute atomic E-state index is 0.0507. The zero-order valence-electron chi connectivity index (χ0n) is 10.9. The Morgan fingerprint density at radius 3 is 2.85 bits per heavy atom. The van der Waals surface area contributed by atoms with Crippen LogP contribution in [0.1, 0.15) is 5.56 Å². The van der Waals surface area contributed by atoms with Gasteiger partial charge >= 0.3 is 12.0 Å². The second-order valence-corrected chi connectivity index (χ2v) is 4.57. The number of nitrogens with zero attached hydrogens (tertiary/aromatic N) is 1. The average Bonchev–Trinajstić information content (AvgIpc) is 2.37. The number of aryl methyl sites for hydroxylation is 1. The molecule has 0 aliphatic carbocycles. The molecule has 2 amide bonds. The third-order valence-electron chi connectivity index (χ3n) is 2.97. The van der Waals surface area contributed by atoms with E-state index in [4.69, 9.17) is 9.84 Å². The number of benzene rings is 1. The van der Waals surface area contributed by atoms with Crippen LogP contribution in [0.4, 0.5) is 14.9 Å².